The zero-order valence-electron chi connectivity index (χ0n) is 10.6. The number of hydrogen-bond acceptors (Lipinski definition) is 3. The van der Waals surface area contributed by atoms with Gasteiger partial charge in [-0.2, -0.15) is 0 Å². The number of ketones is 1. The van der Waals surface area contributed by atoms with Gasteiger partial charge in [-0.15, -0.1) is 0 Å². The maximum Gasteiger partial charge on any atom is 0.193 e. The third kappa shape index (κ3) is 2.01. The smallest absolute Gasteiger partial charge is 0.193 e. The zero-order valence-corrected chi connectivity index (χ0v) is 11.6. The zero-order chi connectivity index (χ0) is 12.1. The van der Waals surface area contributed by atoms with Crippen molar-refractivity contribution in [3.8, 4) is 0 Å². The van der Waals surface area contributed by atoms with Crippen LogP contribution in [0, 0.1) is 0 Å². The number of fused-ring (bicyclic) bond motifs is 1. The average Bonchev–Trinajstić information content (AvgIpc) is 2.87. The minimum absolute atomic E-state index is 0.0216. The van der Waals surface area contributed by atoms with Gasteiger partial charge in [0.05, 0.1) is 6.10 Å². The highest BCUT2D eigenvalue weighted by atomic mass is 28.4. The third-order valence-electron chi connectivity index (χ3n) is 3.82. The number of carbonyl (C=O) groups is 1. The lowest BCUT2D eigenvalue weighted by Gasteiger charge is -2.38. The van der Waals surface area contributed by atoms with E-state index in [0.29, 0.717) is 0 Å². The normalized spacial score (nSPS) is 33.8. The van der Waals surface area contributed by atoms with E-state index in [-0.39, 0.29) is 29.1 Å². The highest BCUT2D eigenvalue weighted by Crippen LogP contribution is 2.41. The van der Waals surface area contributed by atoms with E-state index >= 15 is 0 Å². The van der Waals surface area contributed by atoms with E-state index in [1.807, 2.05) is 6.08 Å². The Morgan fingerprint density at radius 1 is 1.38 bits per heavy atom. The maximum absolute atomic E-state index is 11.3. The molecule has 0 aromatic rings. The summed E-state index contributed by atoms with van der Waals surface area (Å²) < 4.78 is 11.6. The minimum atomic E-state index is -1.77. The molecule has 1 aliphatic heterocycles. The van der Waals surface area contributed by atoms with Gasteiger partial charge >= 0.3 is 0 Å². The Morgan fingerprint density at radius 3 is 2.56 bits per heavy atom. The van der Waals surface area contributed by atoms with Crippen molar-refractivity contribution < 1.29 is 14.0 Å². The molecule has 3 atom stereocenters. The average molecular weight is 240 g/mol. The number of epoxide rings is 1. The highest BCUT2D eigenvalue weighted by Gasteiger charge is 2.53. The second kappa shape index (κ2) is 3.52. The standard InChI is InChI=1S/C12H20O3Si/c1-12(2,3)16(4,5)15-9-7-6-8(13)10-11(9)14-10/h6-7,9-11H,1-5H3/t9-,10-,11+/m0/s1. The Labute approximate surface area is 97.9 Å². The Kier molecular flexibility index (Phi) is 2.64. The second-order valence-electron chi connectivity index (χ2n) is 6.13. The fourth-order valence-corrected chi connectivity index (χ4v) is 2.87. The number of carbonyl (C=O) groups excluding carboxylic acids is 1. The van der Waals surface area contributed by atoms with Crippen LogP contribution in [0.2, 0.25) is 18.1 Å². The molecule has 0 unspecified atom stereocenters. The van der Waals surface area contributed by atoms with Crippen molar-refractivity contribution in [2.24, 2.45) is 0 Å². The molecule has 90 valence electrons. The molecule has 3 nitrogen and oxygen atoms in total. The molecule has 0 saturated carbocycles. The Balaban J connectivity index is 2.06. The van der Waals surface area contributed by atoms with E-state index in [1.165, 1.54) is 0 Å². The first kappa shape index (κ1) is 12.0. The first-order chi connectivity index (χ1) is 7.22. The van der Waals surface area contributed by atoms with Crippen molar-refractivity contribution >= 4 is 14.1 Å². The topological polar surface area (TPSA) is 38.8 Å². The van der Waals surface area contributed by atoms with Gasteiger partial charge < -0.3 is 9.16 Å². The van der Waals surface area contributed by atoms with Crippen molar-refractivity contribution in [3.05, 3.63) is 12.2 Å². The third-order valence-corrected chi connectivity index (χ3v) is 8.29. The van der Waals surface area contributed by atoms with Crippen LogP contribution in [0.3, 0.4) is 0 Å². The monoisotopic (exact) mass is 240 g/mol. The molecule has 0 spiro atoms. The van der Waals surface area contributed by atoms with Crippen molar-refractivity contribution in [3.63, 3.8) is 0 Å². The van der Waals surface area contributed by atoms with E-state index in [1.54, 1.807) is 6.08 Å². The molecule has 16 heavy (non-hydrogen) atoms. The van der Waals surface area contributed by atoms with Crippen LogP contribution in [0.15, 0.2) is 12.2 Å². The van der Waals surface area contributed by atoms with Crippen LogP contribution in [-0.4, -0.2) is 32.4 Å². The van der Waals surface area contributed by atoms with E-state index in [9.17, 15) is 4.79 Å². The van der Waals surface area contributed by atoms with Crippen LogP contribution in [0.4, 0.5) is 0 Å². The predicted octanol–water partition coefficient (Wildman–Crippen LogP) is 2.28. The summed E-state index contributed by atoms with van der Waals surface area (Å²) in [4.78, 5) is 11.3. The summed E-state index contributed by atoms with van der Waals surface area (Å²) in [6.07, 6.45) is 3.19. The van der Waals surface area contributed by atoms with Gasteiger partial charge in [0.25, 0.3) is 0 Å². The van der Waals surface area contributed by atoms with Gasteiger partial charge in [-0.25, -0.2) is 0 Å². The van der Waals surface area contributed by atoms with Crippen LogP contribution in [0.1, 0.15) is 20.8 Å². The first-order valence-electron chi connectivity index (χ1n) is 5.78. The van der Waals surface area contributed by atoms with Gasteiger partial charge in [-0.1, -0.05) is 26.8 Å². The molecule has 4 heteroatoms. The molecule has 0 N–H and O–H groups in total. The van der Waals surface area contributed by atoms with E-state index in [0.717, 1.165) is 0 Å². The molecule has 2 rings (SSSR count). The van der Waals surface area contributed by atoms with Crippen LogP contribution in [0.25, 0.3) is 0 Å². The molecule has 1 saturated heterocycles. The van der Waals surface area contributed by atoms with Crippen molar-refractivity contribution in [2.45, 2.75) is 57.2 Å². The molecule has 0 aromatic carbocycles. The number of rotatable bonds is 2. The first-order valence-corrected chi connectivity index (χ1v) is 8.68. The number of hydrogen-bond donors (Lipinski definition) is 0. The van der Waals surface area contributed by atoms with Crippen molar-refractivity contribution in [2.75, 3.05) is 0 Å². The Morgan fingerprint density at radius 2 is 2.00 bits per heavy atom. The maximum atomic E-state index is 11.3. The van der Waals surface area contributed by atoms with Crippen molar-refractivity contribution in [1.29, 1.82) is 0 Å². The Bertz CT molecular complexity index is 341. The summed E-state index contributed by atoms with van der Waals surface area (Å²) in [7, 11) is -1.77. The summed E-state index contributed by atoms with van der Waals surface area (Å²) in [5.74, 6) is 0.0834. The van der Waals surface area contributed by atoms with Gasteiger partial charge in [0.2, 0.25) is 0 Å². The Hall–Kier alpha value is -0.453. The lowest BCUT2D eigenvalue weighted by atomic mass is 10.0. The van der Waals surface area contributed by atoms with Gasteiger partial charge in [-0.05, 0) is 24.2 Å². The fourth-order valence-electron chi connectivity index (χ4n) is 1.62. The van der Waals surface area contributed by atoms with E-state index in [2.05, 4.69) is 33.9 Å². The minimum Gasteiger partial charge on any atom is -0.408 e. The largest absolute Gasteiger partial charge is 0.408 e. The predicted molar refractivity (Wildman–Crippen MR) is 64.9 cm³/mol. The summed E-state index contributed by atoms with van der Waals surface area (Å²) in [6, 6.07) is 0. The van der Waals surface area contributed by atoms with E-state index in [4.69, 9.17) is 9.16 Å². The second-order valence-corrected chi connectivity index (χ2v) is 10.9. The summed E-state index contributed by atoms with van der Waals surface area (Å²) >= 11 is 0. The van der Waals surface area contributed by atoms with Crippen LogP contribution >= 0.6 is 0 Å². The van der Waals surface area contributed by atoms with Crippen molar-refractivity contribution in [1.82, 2.24) is 0 Å². The SMILES string of the molecule is CC(C)(C)[Si](C)(C)O[C@H]1C=CC(=O)[C@@H]2O[C@H]12. The molecule has 1 fully saturated rings. The van der Waals surface area contributed by atoms with Crippen LogP contribution in [-0.2, 0) is 14.0 Å². The van der Waals surface area contributed by atoms with Crippen LogP contribution in [0.5, 0.6) is 0 Å². The van der Waals surface area contributed by atoms with Crippen LogP contribution < -0.4 is 0 Å². The van der Waals surface area contributed by atoms with Gasteiger partial charge in [0.1, 0.15) is 12.2 Å². The summed E-state index contributed by atoms with van der Waals surface area (Å²) in [5, 5.41) is 0.187. The summed E-state index contributed by atoms with van der Waals surface area (Å²) in [6.45, 7) is 11.1. The highest BCUT2D eigenvalue weighted by molar-refractivity contribution is 6.74. The fraction of sp³-hybridized carbons (Fsp3) is 0.750. The molecule has 0 amide bonds. The lowest BCUT2D eigenvalue weighted by Crippen LogP contribution is -2.45. The van der Waals surface area contributed by atoms with Gasteiger partial charge in [-0.3, -0.25) is 4.79 Å². The van der Waals surface area contributed by atoms with Gasteiger partial charge in [0, 0.05) is 0 Å². The quantitative estimate of drug-likeness (QED) is 0.549. The molecule has 0 bridgehead atoms. The summed E-state index contributed by atoms with van der Waals surface area (Å²) in [5.41, 5.74) is 0. The molecule has 2 aliphatic rings. The van der Waals surface area contributed by atoms with Gasteiger partial charge in [0.15, 0.2) is 14.1 Å². The molecule has 0 radical (unpaired) electrons. The number of ether oxygens (including phenoxy) is 1. The lowest BCUT2D eigenvalue weighted by molar-refractivity contribution is -0.115. The molecule has 1 heterocycles. The molecule has 0 aromatic heterocycles. The van der Waals surface area contributed by atoms with E-state index < -0.39 is 8.32 Å². The molecular formula is C12H20O3Si. The molecule has 1 aliphatic carbocycles. The molecular weight excluding hydrogens is 220 g/mol.